The van der Waals surface area contributed by atoms with E-state index in [1.807, 2.05) is 6.92 Å². The van der Waals surface area contributed by atoms with Crippen molar-refractivity contribution in [3.8, 4) is 0 Å². The average Bonchev–Trinajstić information content (AvgIpc) is 2.52. The lowest BCUT2D eigenvalue weighted by atomic mass is 9.86. The molecule has 148 valence electrons. The minimum absolute atomic E-state index is 0.0598. The highest BCUT2D eigenvalue weighted by atomic mass is 32.2. The molecule has 0 amide bonds. The molecule has 0 aromatic carbocycles. The highest BCUT2D eigenvalue weighted by Crippen LogP contribution is 2.25. The Morgan fingerprint density at radius 2 is 1.92 bits per heavy atom. The van der Waals surface area contributed by atoms with Gasteiger partial charge in [0.2, 0.25) is 10.0 Å². The zero-order chi connectivity index (χ0) is 18.4. The third-order valence-corrected chi connectivity index (χ3v) is 5.53. The number of guanidine groups is 1. The van der Waals surface area contributed by atoms with Crippen LogP contribution in [0.5, 0.6) is 0 Å². The summed E-state index contributed by atoms with van der Waals surface area (Å²) >= 11 is 0. The first kappa shape index (κ1) is 22.2. The van der Waals surface area contributed by atoms with E-state index in [0.29, 0.717) is 38.1 Å². The maximum atomic E-state index is 12.0. The van der Waals surface area contributed by atoms with Crippen molar-refractivity contribution < 1.29 is 13.2 Å². The molecule has 0 atom stereocenters. The fraction of sp³-hybridized carbons (Fsp3) is 0.941. The van der Waals surface area contributed by atoms with Gasteiger partial charge in [-0.1, -0.05) is 19.8 Å². The fourth-order valence-electron chi connectivity index (χ4n) is 2.37. The average molecular weight is 377 g/mol. The summed E-state index contributed by atoms with van der Waals surface area (Å²) in [7, 11) is -3.22. The third-order valence-electron chi connectivity index (χ3n) is 4.18. The van der Waals surface area contributed by atoms with Crippen molar-refractivity contribution in [1.29, 1.82) is 0 Å². The summed E-state index contributed by atoms with van der Waals surface area (Å²) < 4.78 is 32.1. The number of hydrogen-bond donors (Lipinski definition) is 3. The summed E-state index contributed by atoms with van der Waals surface area (Å²) in [6, 6.07) is 0. The molecule has 7 nitrogen and oxygen atoms in total. The minimum Gasteiger partial charge on any atom is -0.381 e. The summed E-state index contributed by atoms with van der Waals surface area (Å²) in [5.41, 5.74) is 0. The Bertz CT molecular complexity index is 465. The highest BCUT2D eigenvalue weighted by Gasteiger charge is 2.19. The van der Waals surface area contributed by atoms with Crippen molar-refractivity contribution in [2.75, 3.05) is 45.1 Å². The van der Waals surface area contributed by atoms with Crippen LogP contribution in [0.4, 0.5) is 0 Å². The molecule has 0 aromatic rings. The monoisotopic (exact) mass is 376 g/mol. The van der Waals surface area contributed by atoms with Crippen molar-refractivity contribution in [2.45, 2.75) is 52.4 Å². The van der Waals surface area contributed by atoms with E-state index in [1.165, 1.54) is 6.42 Å². The zero-order valence-electron chi connectivity index (χ0n) is 15.8. The Labute approximate surface area is 153 Å². The van der Waals surface area contributed by atoms with Gasteiger partial charge in [-0.25, -0.2) is 13.1 Å². The van der Waals surface area contributed by atoms with Crippen molar-refractivity contribution in [3.63, 3.8) is 0 Å². The van der Waals surface area contributed by atoms with Crippen LogP contribution in [0.15, 0.2) is 4.99 Å². The largest absolute Gasteiger partial charge is 0.381 e. The molecule has 0 heterocycles. The van der Waals surface area contributed by atoms with Crippen LogP contribution in [0.25, 0.3) is 0 Å². The summed E-state index contributed by atoms with van der Waals surface area (Å²) in [4.78, 5) is 4.45. The van der Waals surface area contributed by atoms with Gasteiger partial charge in [0.1, 0.15) is 0 Å². The standard InChI is InChI=1S/C17H36N4O3S/c1-3-5-12-24-13-7-10-19-17(18-4-2)20-11-14-25(22,23)21-15-16-8-6-9-16/h16,21H,3-15H2,1-2H3,(H2,18,19,20). The molecule has 0 radical (unpaired) electrons. The molecule has 1 rings (SSSR count). The van der Waals surface area contributed by atoms with E-state index in [1.54, 1.807) is 0 Å². The van der Waals surface area contributed by atoms with E-state index < -0.39 is 10.0 Å². The molecule has 0 unspecified atom stereocenters. The van der Waals surface area contributed by atoms with Crippen molar-refractivity contribution in [1.82, 2.24) is 15.4 Å². The van der Waals surface area contributed by atoms with Crippen LogP contribution in [-0.2, 0) is 14.8 Å². The lowest BCUT2D eigenvalue weighted by molar-refractivity contribution is 0.130. The molecule has 0 aliphatic heterocycles. The van der Waals surface area contributed by atoms with Crippen LogP contribution in [0, 0.1) is 5.92 Å². The number of hydrogen-bond acceptors (Lipinski definition) is 4. The Kier molecular flexibility index (Phi) is 11.9. The smallest absolute Gasteiger partial charge is 0.213 e. The second kappa shape index (κ2) is 13.4. The number of sulfonamides is 1. The van der Waals surface area contributed by atoms with Gasteiger partial charge >= 0.3 is 0 Å². The molecule has 8 heteroatoms. The Morgan fingerprint density at radius 1 is 1.16 bits per heavy atom. The number of nitrogens with zero attached hydrogens (tertiary/aromatic N) is 1. The van der Waals surface area contributed by atoms with E-state index in [4.69, 9.17) is 4.74 Å². The molecular weight excluding hydrogens is 340 g/mol. The summed E-state index contributed by atoms with van der Waals surface area (Å²) in [5.74, 6) is 1.25. The van der Waals surface area contributed by atoms with E-state index in [2.05, 4.69) is 27.3 Å². The predicted molar refractivity (Wildman–Crippen MR) is 103 cm³/mol. The normalized spacial score (nSPS) is 15.8. The van der Waals surface area contributed by atoms with Gasteiger partial charge in [0.05, 0.1) is 5.75 Å². The van der Waals surface area contributed by atoms with Crippen LogP contribution in [-0.4, -0.2) is 59.5 Å². The first-order valence-corrected chi connectivity index (χ1v) is 11.3. The minimum atomic E-state index is -3.22. The second-order valence-corrected chi connectivity index (χ2v) is 8.40. The van der Waals surface area contributed by atoms with E-state index in [-0.39, 0.29) is 5.75 Å². The van der Waals surface area contributed by atoms with Crippen molar-refractivity contribution in [2.24, 2.45) is 10.9 Å². The lowest BCUT2D eigenvalue weighted by Crippen LogP contribution is -2.42. The summed E-state index contributed by atoms with van der Waals surface area (Å²) in [6.07, 6.45) is 6.60. The number of unbranched alkanes of at least 4 members (excludes halogenated alkanes) is 1. The zero-order valence-corrected chi connectivity index (χ0v) is 16.7. The quantitative estimate of drug-likeness (QED) is 0.243. The van der Waals surface area contributed by atoms with Gasteiger partial charge in [0, 0.05) is 39.4 Å². The third kappa shape index (κ3) is 11.4. The van der Waals surface area contributed by atoms with Gasteiger partial charge in [-0.05, 0) is 38.5 Å². The maximum absolute atomic E-state index is 12.0. The molecule has 1 saturated carbocycles. The van der Waals surface area contributed by atoms with Gasteiger partial charge in [0.25, 0.3) is 0 Å². The van der Waals surface area contributed by atoms with Crippen molar-refractivity contribution >= 4 is 16.0 Å². The van der Waals surface area contributed by atoms with E-state index >= 15 is 0 Å². The molecule has 1 aliphatic rings. The summed E-state index contributed by atoms with van der Waals surface area (Å²) in [6.45, 7) is 7.98. The van der Waals surface area contributed by atoms with Gasteiger partial charge in [-0.15, -0.1) is 0 Å². The maximum Gasteiger partial charge on any atom is 0.213 e. The summed E-state index contributed by atoms with van der Waals surface area (Å²) in [5, 5.41) is 6.21. The van der Waals surface area contributed by atoms with E-state index in [9.17, 15) is 8.42 Å². The van der Waals surface area contributed by atoms with E-state index in [0.717, 1.165) is 45.3 Å². The van der Waals surface area contributed by atoms with Gasteiger partial charge in [-0.3, -0.25) is 4.99 Å². The first-order valence-electron chi connectivity index (χ1n) is 9.64. The number of ether oxygens (including phenoxy) is 1. The van der Waals surface area contributed by atoms with Gasteiger partial charge < -0.3 is 15.4 Å². The fourth-order valence-corrected chi connectivity index (χ4v) is 3.37. The molecule has 1 aliphatic carbocycles. The molecule has 1 fully saturated rings. The molecule has 3 N–H and O–H groups in total. The molecule has 0 saturated heterocycles. The Morgan fingerprint density at radius 3 is 2.56 bits per heavy atom. The van der Waals surface area contributed by atoms with Gasteiger partial charge in [0.15, 0.2) is 5.96 Å². The topological polar surface area (TPSA) is 91.8 Å². The van der Waals surface area contributed by atoms with Crippen LogP contribution in [0.2, 0.25) is 0 Å². The molecule has 0 aromatic heterocycles. The van der Waals surface area contributed by atoms with Crippen LogP contribution in [0.3, 0.4) is 0 Å². The van der Waals surface area contributed by atoms with Crippen LogP contribution >= 0.6 is 0 Å². The number of rotatable bonds is 14. The molecule has 25 heavy (non-hydrogen) atoms. The SMILES string of the molecule is CCCCOCCCN=C(NCC)NCCS(=O)(=O)NCC1CCC1. The number of aliphatic imine (C=N–C) groups is 1. The first-order chi connectivity index (χ1) is 12.1. The lowest BCUT2D eigenvalue weighted by Gasteiger charge is -2.25. The van der Waals surface area contributed by atoms with Gasteiger partial charge in [-0.2, -0.15) is 0 Å². The second-order valence-electron chi connectivity index (χ2n) is 6.47. The Hall–Kier alpha value is -0.860. The molecule has 0 spiro atoms. The van der Waals surface area contributed by atoms with Crippen LogP contribution in [0.1, 0.15) is 52.4 Å². The predicted octanol–water partition coefficient (Wildman–Crippen LogP) is 1.47. The number of nitrogens with one attached hydrogen (secondary N) is 3. The molecule has 0 bridgehead atoms. The van der Waals surface area contributed by atoms with Crippen molar-refractivity contribution in [3.05, 3.63) is 0 Å². The van der Waals surface area contributed by atoms with Crippen LogP contribution < -0.4 is 15.4 Å². The molecular formula is C17H36N4O3S. The highest BCUT2D eigenvalue weighted by molar-refractivity contribution is 7.89. The Balaban J connectivity index is 2.18.